The summed E-state index contributed by atoms with van der Waals surface area (Å²) in [5, 5.41) is 9.11. The third-order valence-corrected chi connectivity index (χ3v) is 6.40. The van der Waals surface area contributed by atoms with Gasteiger partial charge in [-0.15, -0.1) is 11.8 Å². The molecule has 110 valence electrons. The summed E-state index contributed by atoms with van der Waals surface area (Å²) < 4.78 is 26.6. The van der Waals surface area contributed by atoms with E-state index in [1.807, 2.05) is 6.26 Å². The molecule has 1 aliphatic rings. The summed E-state index contributed by atoms with van der Waals surface area (Å²) >= 11 is 1.37. The highest BCUT2D eigenvalue weighted by atomic mass is 32.2. The van der Waals surface area contributed by atoms with Crippen molar-refractivity contribution in [2.24, 2.45) is 11.8 Å². The Hall–Kier alpha value is -1.05. The zero-order valence-corrected chi connectivity index (χ0v) is 12.9. The molecule has 1 saturated heterocycles. The van der Waals surface area contributed by atoms with Gasteiger partial charge in [-0.2, -0.15) is 4.31 Å². The van der Waals surface area contributed by atoms with E-state index in [0.29, 0.717) is 4.90 Å². The first-order valence-electron chi connectivity index (χ1n) is 6.24. The molecule has 0 unspecified atom stereocenters. The van der Waals surface area contributed by atoms with Gasteiger partial charge < -0.3 is 5.11 Å². The molecule has 0 bridgehead atoms. The number of nitrogens with zero attached hydrogens (tertiary/aromatic N) is 1. The molecule has 5 nitrogen and oxygen atoms in total. The predicted octanol–water partition coefficient (Wildman–Crippen LogP) is 1.75. The Morgan fingerprint density at radius 2 is 2.00 bits per heavy atom. The summed E-state index contributed by atoms with van der Waals surface area (Å²) in [7, 11) is -3.63. The fourth-order valence-electron chi connectivity index (χ4n) is 2.41. The first kappa shape index (κ1) is 15.3. The minimum Gasteiger partial charge on any atom is -0.481 e. The first-order chi connectivity index (χ1) is 9.37. The van der Waals surface area contributed by atoms with Crippen LogP contribution in [0.5, 0.6) is 0 Å². The van der Waals surface area contributed by atoms with Crippen molar-refractivity contribution in [1.82, 2.24) is 4.31 Å². The van der Waals surface area contributed by atoms with Crippen LogP contribution < -0.4 is 0 Å². The lowest BCUT2D eigenvalue weighted by molar-refractivity contribution is -0.142. The van der Waals surface area contributed by atoms with Crippen LogP contribution in [0.1, 0.15) is 6.92 Å². The second kappa shape index (κ2) is 5.75. The zero-order valence-electron chi connectivity index (χ0n) is 11.3. The molecule has 0 amide bonds. The fraction of sp³-hybridized carbons (Fsp3) is 0.462. The van der Waals surface area contributed by atoms with Crippen LogP contribution in [0.25, 0.3) is 0 Å². The minimum atomic E-state index is -3.63. The van der Waals surface area contributed by atoms with E-state index in [1.54, 1.807) is 31.2 Å². The van der Waals surface area contributed by atoms with Crippen LogP contribution in [0.2, 0.25) is 0 Å². The molecule has 0 spiro atoms. The molecule has 1 aliphatic heterocycles. The lowest BCUT2D eigenvalue weighted by Crippen LogP contribution is -2.30. The van der Waals surface area contributed by atoms with Crippen LogP contribution in [0.4, 0.5) is 0 Å². The summed E-state index contributed by atoms with van der Waals surface area (Å²) in [6, 6.07) is 6.80. The smallest absolute Gasteiger partial charge is 0.308 e. The van der Waals surface area contributed by atoms with Gasteiger partial charge in [-0.3, -0.25) is 4.79 Å². The van der Waals surface area contributed by atoms with Crippen LogP contribution in [0.15, 0.2) is 34.1 Å². The Balaban J connectivity index is 2.35. The van der Waals surface area contributed by atoms with Gasteiger partial charge in [-0.05, 0) is 24.3 Å². The van der Waals surface area contributed by atoms with Crippen molar-refractivity contribution in [2.45, 2.75) is 16.7 Å². The maximum Gasteiger partial charge on any atom is 0.308 e. The molecule has 20 heavy (non-hydrogen) atoms. The van der Waals surface area contributed by atoms with Gasteiger partial charge in [-0.1, -0.05) is 19.1 Å². The summed E-state index contributed by atoms with van der Waals surface area (Å²) in [5.74, 6) is -1.75. The topological polar surface area (TPSA) is 74.7 Å². The number of hydrogen-bond donors (Lipinski definition) is 1. The normalized spacial score (nSPS) is 23.9. The van der Waals surface area contributed by atoms with Gasteiger partial charge in [0.1, 0.15) is 0 Å². The van der Waals surface area contributed by atoms with Crippen molar-refractivity contribution in [2.75, 3.05) is 19.3 Å². The Bertz CT molecular complexity index is 615. The van der Waals surface area contributed by atoms with E-state index in [1.165, 1.54) is 16.1 Å². The minimum absolute atomic E-state index is 0.0432. The number of carbonyl (C=O) groups is 1. The van der Waals surface area contributed by atoms with Gasteiger partial charge >= 0.3 is 5.97 Å². The zero-order chi connectivity index (χ0) is 14.9. The molecule has 1 aromatic rings. The van der Waals surface area contributed by atoms with E-state index in [9.17, 15) is 13.2 Å². The van der Waals surface area contributed by atoms with Crippen molar-refractivity contribution in [3.05, 3.63) is 24.3 Å². The summed E-state index contributed by atoms with van der Waals surface area (Å²) in [6.45, 7) is 2.07. The number of carboxylic acids is 1. The van der Waals surface area contributed by atoms with E-state index in [0.717, 1.165) is 0 Å². The molecule has 0 aliphatic carbocycles. The molecular weight excluding hydrogens is 298 g/mol. The molecule has 7 heteroatoms. The SMILES string of the molecule is CSc1ccccc1S(=O)(=O)N1C[C@@H](C)[C@H](C(=O)O)C1. The Kier molecular flexibility index (Phi) is 4.41. The van der Waals surface area contributed by atoms with Crippen LogP contribution in [0, 0.1) is 11.8 Å². The quantitative estimate of drug-likeness (QED) is 0.857. The molecule has 0 aromatic heterocycles. The van der Waals surface area contributed by atoms with Gasteiger partial charge in [0.15, 0.2) is 0 Å². The van der Waals surface area contributed by atoms with Gasteiger partial charge in [0, 0.05) is 18.0 Å². The van der Waals surface area contributed by atoms with Crippen molar-refractivity contribution < 1.29 is 18.3 Å². The first-order valence-corrected chi connectivity index (χ1v) is 8.90. The second-order valence-electron chi connectivity index (χ2n) is 4.89. The third kappa shape index (κ3) is 2.70. The summed E-state index contributed by atoms with van der Waals surface area (Å²) in [5.41, 5.74) is 0. The van der Waals surface area contributed by atoms with Crippen molar-refractivity contribution in [3.8, 4) is 0 Å². The Morgan fingerprint density at radius 3 is 2.55 bits per heavy atom. The molecule has 1 N–H and O–H groups in total. The lowest BCUT2D eigenvalue weighted by atomic mass is 9.99. The van der Waals surface area contributed by atoms with Gasteiger partial charge in [0.2, 0.25) is 10.0 Å². The van der Waals surface area contributed by atoms with Crippen LogP contribution in [-0.2, 0) is 14.8 Å². The van der Waals surface area contributed by atoms with Gasteiger partial charge in [0.05, 0.1) is 10.8 Å². The van der Waals surface area contributed by atoms with Crippen LogP contribution in [-0.4, -0.2) is 43.1 Å². The summed E-state index contributed by atoms with van der Waals surface area (Å²) in [4.78, 5) is 12.1. The molecule has 2 rings (SSSR count). The van der Waals surface area contributed by atoms with E-state index in [4.69, 9.17) is 5.11 Å². The van der Waals surface area contributed by atoms with Gasteiger partial charge in [-0.25, -0.2) is 8.42 Å². The van der Waals surface area contributed by atoms with Crippen molar-refractivity contribution in [3.63, 3.8) is 0 Å². The number of hydrogen-bond acceptors (Lipinski definition) is 4. The Labute approximate surface area is 123 Å². The van der Waals surface area contributed by atoms with E-state index in [2.05, 4.69) is 0 Å². The van der Waals surface area contributed by atoms with E-state index >= 15 is 0 Å². The molecule has 2 atom stereocenters. The molecule has 0 saturated carbocycles. The predicted molar refractivity (Wildman–Crippen MR) is 77.3 cm³/mol. The molecule has 1 heterocycles. The number of benzene rings is 1. The fourth-order valence-corrected chi connectivity index (χ4v) is 5.10. The standard InChI is InChI=1S/C13H17NO4S2/c1-9-7-14(8-10(9)13(15)16)20(17,18)12-6-4-3-5-11(12)19-2/h3-6,9-10H,7-8H2,1-2H3,(H,15,16)/t9-,10-/m1/s1. The number of aliphatic carboxylic acids is 1. The van der Waals surface area contributed by atoms with E-state index in [-0.39, 0.29) is 23.9 Å². The van der Waals surface area contributed by atoms with Gasteiger partial charge in [0.25, 0.3) is 0 Å². The number of carboxylic acid groups (broad SMARTS) is 1. The maximum absolute atomic E-state index is 12.6. The van der Waals surface area contributed by atoms with Crippen molar-refractivity contribution in [1.29, 1.82) is 0 Å². The van der Waals surface area contributed by atoms with Crippen molar-refractivity contribution >= 4 is 27.8 Å². The summed E-state index contributed by atoms with van der Waals surface area (Å²) in [6.07, 6.45) is 1.82. The second-order valence-corrected chi connectivity index (χ2v) is 7.65. The third-order valence-electron chi connectivity index (χ3n) is 3.58. The van der Waals surface area contributed by atoms with E-state index < -0.39 is 21.9 Å². The monoisotopic (exact) mass is 315 g/mol. The van der Waals surface area contributed by atoms with Crippen LogP contribution >= 0.6 is 11.8 Å². The molecule has 1 fully saturated rings. The molecule has 1 aromatic carbocycles. The number of rotatable bonds is 4. The maximum atomic E-state index is 12.6. The van der Waals surface area contributed by atoms with Crippen LogP contribution in [0.3, 0.4) is 0 Å². The Morgan fingerprint density at radius 1 is 1.35 bits per heavy atom. The highest BCUT2D eigenvalue weighted by Gasteiger charge is 2.41. The molecular formula is C13H17NO4S2. The highest BCUT2D eigenvalue weighted by Crippen LogP contribution is 2.32. The largest absolute Gasteiger partial charge is 0.481 e. The number of sulfonamides is 1. The lowest BCUT2D eigenvalue weighted by Gasteiger charge is -2.17. The number of thioether (sulfide) groups is 1. The average molecular weight is 315 g/mol. The molecule has 0 radical (unpaired) electrons. The average Bonchev–Trinajstić information content (AvgIpc) is 2.81. The highest BCUT2D eigenvalue weighted by molar-refractivity contribution is 7.99.